The fraction of sp³-hybridized carbons (Fsp3) is 0.500. The van der Waals surface area contributed by atoms with Crippen molar-refractivity contribution in [3.05, 3.63) is 24.3 Å². The van der Waals surface area contributed by atoms with Crippen LogP contribution in [0.25, 0.3) is 10.2 Å². The quantitative estimate of drug-likeness (QED) is 0.670. The zero-order chi connectivity index (χ0) is 16.8. The number of fused-ring (bicyclic) bond motifs is 1. The highest BCUT2D eigenvalue weighted by atomic mass is 32.2. The van der Waals surface area contributed by atoms with Gasteiger partial charge in [0.05, 0.1) is 10.2 Å². The molecule has 0 atom stereocenters. The number of anilines is 1. The van der Waals surface area contributed by atoms with Crippen molar-refractivity contribution < 1.29 is 0 Å². The molecule has 0 spiro atoms. The minimum Gasteiger partial charge on any atom is -0.341 e. The largest absolute Gasteiger partial charge is 0.341 e. The molecule has 0 radical (unpaired) electrons. The van der Waals surface area contributed by atoms with Crippen molar-refractivity contribution in [2.45, 2.75) is 48.1 Å². The first kappa shape index (κ1) is 15.6. The van der Waals surface area contributed by atoms with Gasteiger partial charge in [-0.25, -0.2) is 4.98 Å². The number of piperidine rings is 1. The minimum absolute atomic E-state index is 0.571. The zero-order valence-corrected chi connectivity index (χ0v) is 15.9. The van der Waals surface area contributed by atoms with Crippen LogP contribution >= 0.6 is 23.1 Å². The first-order valence-electron chi connectivity index (χ1n) is 9.01. The molecule has 25 heavy (non-hydrogen) atoms. The molecule has 0 amide bonds. The van der Waals surface area contributed by atoms with Crippen LogP contribution in [-0.4, -0.2) is 32.8 Å². The van der Waals surface area contributed by atoms with Gasteiger partial charge in [-0.3, -0.25) is 4.57 Å². The molecule has 130 valence electrons. The first-order valence-corrected chi connectivity index (χ1v) is 10.6. The van der Waals surface area contributed by atoms with Gasteiger partial charge in [0.1, 0.15) is 0 Å². The molecular formula is C18H21N5S2. The average Bonchev–Trinajstić information content (AvgIpc) is 3.24. The lowest BCUT2D eigenvalue weighted by molar-refractivity contribution is 0.429. The third-order valence-electron chi connectivity index (χ3n) is 5.08. The van der Waals surface area contributed by atoms with E-state index in [2.05, 4.69) is 44.8 Å². The van der Waals surface area contributed by atoms with Crippen molar-refractivity contribution in [3.8, 4) is 0 Å². The maximum atomic E-state index is 4.75. The monoisotopic (exact) mass is 371 g/mol. The van der Waals surface area contributed by atoms with Gasteiger partial charge in [0.15, 0.2) is 9.50 Å². The number of aromatic nitrogens is 4. The summed E-state index contributed by atoms with van der Waals surface area (Å²) in [6.45, 7) is 4.53. The van der Waals surface area contributed by atoms with Crippen molar-refractivity contribution in [2.75, 3.05) is 18.0 Å². The lowest BCUT2D eigenvalue weighted by Crippen LogP contribution is -2.34. The van der Waals surface area contributed by atoms with E-state index in [1.165, 1.54) is 30.4 Å². The van der Waals surface area contributed by atoms with Crippen LogP contribution in [0.4, 0.5) is 5.95 Å². The molecule has 3 heterocycles. The van der Waals surface area contributed by atoms with Gasteiger partial charge in [-0.1, -0.05) is 19.1 Å². The summed E-state index contributed by atoms with van der Waals surface area (Å²) in [5.74, 6) is 1.89. The third kappa shape index (κ3) is 3.04. The maximum Gasteiger partial charge on any atom is 0.228 e. The molecule has 0 bridgehead atoms. The second-order valence-electron chi connectivity index (χ2n) is 7.10. The molecule has 7 heteroatoms. The number of rotatable bonds is 4. The predicted molar refractivity (Wildman–Crippen MR) is 103 cm³/mol. The summed E-state index contributed by atoms with van der Waals surface area (Å²) < 4.78 is 4.65. The Morgan fingerprint density at radius 3 is 2.64 bits per heavy atom. The molecule has 0 N–H and O–H groups in total. The summed E-state index contributed by atoms with van der Waals surface area (Å²) in [5, 5.41) is 10.1. The first-order chi connectivity index (χ1) is 12.3. The van der Waals surface area contributed by atoms with Crippen LogP contribution in [0.3, 0.4) is 0 Å². The average molecular weight is 372 g/mol. The Labute approximate surface area is 155 Å². The van der Waals surface area contributed by atoms with Crippen LogP contribution < -0.4 is 4.90 Å². The summed E-state index contributed by atoms with van der Waals surface area (Å²) >= 11 is 3.40. The number of nitrogens with zero attached hydrogens (tertiary/aromatic N) is 5. The highest BCUT2D eigenvalue weighted by Crippen LogP contribution is 2.43. The number of thiazole rings is 1. The zero-order valence-electron chi connectivity index (χ0n) is 14.3. The lowest BCUT2D eigenvalue weighted by atomic mass is 10.00. The van der Waals surface area contributed by atoms with Crippen molar-refractivity contribution in [1.29, 1.82) is 0 Å². The summed E-state index contributed by atoms with van der Waals surface area (Å²) in [6.07, 6.45) is 4.97. The van der Waals surface area contributed by atoms with E-state index < -0.39 is 0 Å². The molecular weight excluding hydrogens is 350 g/mol. The Morgan fingerprint density at radius 2 is 1.88 bits per heavy atom. The highest BCUT2D eigenvalue weighted by Gasteiger charge is 2.33. The standard InChI is InChI=1S/C18H21N5S2/c1-12-8-10-22(11-9-12)16-20-21-17(23(16)13-6-7-13)25-18-19-14-4-2-3-5-15(14)24-18/h2-5,12-13H,6-11H2,1H3. The van der Waals surface area contributed by atoms with E-state index in [1.807, 2.05) is 6.07 Å². The van der Waals surface area contributed by atoms with Crippen molar-refractivity contribution in [2.24, 2.45) is 5.92 Å². The second kappa shape index (κ2) is 6.29. The van der Waals surface area contributed by atoms with E-state index in [0.717, 1.165) is 40.0 Å². The smallest absolute Gasteiger partial charge is 0.228 e. The Hall–Kier alpha value is -1.60. The Balaban J connectivity index is 1.45. The van der Waals surface area contributed by atoms with Gasteiger partial charge < -0.3 is 4.90 Å². The number of hydrogen-bond donors (Lipinski definition) is 0. The van der Waals surface area contributed by atoms with E-state index in [4.69, 9.17) is 4.98 Å². The second-order valence-corrected chi connectivity index (χ2v) is 9.35. The molecule has 0 unspecified atom stereocenters. The van der Waals surface area contributed by atoms with E-state index >= 15 is 0 Å². The van der Waals surface area contributed by atoms with E-state index in [0.29, 0.717) is 6.04 Å². The molecule has 2 aromatic heterocycles. The van der Waals surface area contributed by atoms with E-state index in [-0.39, 0.29) is 0 Å². The van der Waals surface area contributed by atoms with Crippen LogP contribution in [0.1, 0.15) is 38.6 Å². The molecule has 5 rings (SSSR count). The summed E-state index contributed by atoms with van der Waals surface area (Å²) in [5.41, 5.74) is 1.07. The minimum atomic E-state index is 0.571. The normalized spacial score (nSPS) is 19.0. The van der Waals surface area contributed by atoms with Gasteiger partial charge in [-0.15, -0.1) is 21.5 Å². The van der Waals surface area contributed by atoms with Crippen molar-refractivity contribution >= 4 is 39.3 Å². The van der Waals surface area contributed by atoms with Crippen LogP contribution in [0.5, 0.6) is 0 Å². The molecule has 1 saturated heterocycles. The summed E-state index contributed by atoms with van der Waals surface area (Å²) in [6, 6.07) is 8.88. The molecule has 2 fully saturated rings. The Morgan fingerprint density at radius 1 is 1.08 bits per heavy atom. The molecule has 1 aliphatic carbocycles. The summed E-state index contributed by atoms with van der Waals surface area (Å²) in [4.78, 5) is 7.17. The van der Waals surface area contributed by atoms with Gasteiger partial charge in [0.25, 0.3) is 0 Å². The van der Waals surface area contributed by atoms with Crippen LogP contribution in [0.2, 0.25) is 0 Å². The SMILES string of the molecule is CC1CCN(c2nnc(Sc3nc4ccccc4s3)n2C2CC2)CC1. The van der Waals surface area contributed by atoms with Crippen LogP contribution in [0.15, 0.2) is 33.8 Å². The van der Waals surface area contributed by atoms with Crippen LogP contribution in [-0.2, 0) is 0 Å². The molecule has 2 aliphatic rings. The molecule has 1 aliphatic heterocycles. The fourth-order valence-electron chi connectivity index (χ4n) is 3.39. The maximum absolute atomic E-state index is 4.75. The lowest BCUT2D eigenvalue weighted by Gasteiger charge is -2.31. The molecule has 1 aromatic carbocycles. The predicted octanol–water partition coefficient (Wildman–Crippen LogP) is 4.61. The van der Waals surface area contributed by atoms with Crippen molar-refractivity contribution in [3.63, 3.8) is 0 Å². The number of hydrogen-bond acceptors (Lipinski definition) is 6. The molecule has 3 aromatic rings. The summed E-state index contributed by atoms with van der Waals surface area (Å²) in [7, 11) is 0. The number of para-hydroxylation sites is 1. The van der Waals surface area contributed by atoms with Crippen LogP contribution in [0, 0.1) is 5.92 Å². The van der Waals surface area contributed by atoms with Gasteiger partial charge in [-0.2, -0.15) is 0 Å². The highest BCUT2D eigenvalue weighted by molar-refractivity contribution is 8.01. The Bertz CT molecular complexity index is 857. The molecule has 1 saturated carbocycles. The fourth-order valence-corrected chi connectivity index (χ4v) is 5.46. The topological polar surface area (TPSA) is 46.8 Å². The van der Waals surface area contributed by atoms with Gasteiger partial charge in [-0.05, 0) is 55.5 Å². The third-order valence-corrected chi connectivity index (χ3v) is 7.14. The van der Waals surface area contributed by atoms with E-state index in [1.54, 1.807) is 23.1 Å². The van der Waals surface area contributed by atoms with Gasteiger partial charge in [0.2, 0.25) is 5.95 Å². The van der Waals surface area contributed by atoms with Gasteiger partial charge in [0, 0.05) is 19.1 Å². The number of benzene rings is 1. The van der Waals surface area contributed by atoms with E-state index in [9.17, 15) is 0 Å². The molecule has 5 nitrogen and oxygen atoms in total. The van der Waals surface area contributed by atoms with Crippen molar-refractivity contribution in [1.82, 2.24) is 19.7 Å². The van der Waals surface area contributed by atoms with Gasteiger partial charge >= 0.3 is 0 Å². The Kier molecular flexibility index (Phi) is 3.93.